The zero-order valence-electron chi connectivity index (χ0n) is 10.8. The van der Waals surface area contributed by atoms with E-state index in [0.29, 0.717) is 16.9 Å². The normalized spacial score (nSPS) is 31.8. The third kappa shape index (κ3) is 1.85. The Hall–Kier alpha value is -1.74. The van der Waals surface area contributed by atoms with Gasteiger partial charge in [0, 0.05) is 6.20 Å². The van der Waals surface area contributed by atoms with Crippen molar-refractivity contribution in [3.8, 4) is 0 Å². The van der Waals surface area contributed by atoms with E-state index in [9.17, 15) is 15.3 Å². The predicted octanol–water partition coefficient (Wildman–Crippen LogP) is -0.987. The summed E-state index contributed by atoms with van der Waals surface area (Å²) in [6, 6.07) is 1.62. The molecule has 5 N–H and O–H groups in total. The molecule has 2 aromatic heterocycles. The van der Waals surface area contributed by atoms with E-state index in [1.54, 1.807) is 6.07 Å². The molecule has 1 saturated heterocycles. The molecule has 5 atom stereocenters. The van der Waals surface area contributed by atoms with Crippen LogP contribution in [0.2, 0.25) is 0 Å². The number of nitrogens with two attached hydrogens (primary N) is 1. The van der Waals surface area contributed by atoms with E-state index < -0.39 is 30.6 Å². The molecule has 8 heteroatoms. The fourth-order valence-corrected chi connectivity index (χ4v) is 2.45. The first kappa shape index (κ1) is 13.3. The number of pyridine rings is 1. The number of aliphatic hydroxyl groups is 3. The Morgan fingerprint density at radius 2 is 2.10 bits per heavy atom. The van der Waals surface area contributed by atoms with Gasteiger partial charge in [0.2, 0.25) is 0 Å². The average molecular weight is 280 g/mol. The molecular formula is C12H16N4O4. The van der Waals surface area contributed by atoms with Crippen molar-refractivity contribution in [1.82, 2.24) is 14.5 Å². The summed E-state index contributed by atoms with van der Waals surface area (Å²) in [5.41, 5.74) is 7.21. The maximum absolute atomic E-state index is 10.1. The molecular weight excluding hydrogens is 264 g/mol. The second-order valence-electron chi connectivity index (χ2n) is 4.94. The molecule has 0 unspecified atom stereocenters. The number of ether oxygens (including phenoxy) is 1. The van der Waals surface area contributed by atoms with Crippen LogP contribution in [0.4, 0.5) is 5.69 Å². The molecule has 0 radical (unpaired) electrons. The highest BCUT2D eigenvalue weighted by Gasteiger charge is 2.46. The van der Waals surface area contributed by atoms with Crippen LogP contribution in [0.15, 0.2) is 18.6 Å². The van der Waals surface area contributed by atoms with Crippen LogP contribution >= 0.6 is 0 Å². The van der Waals surface area contributed by atoms with Crippen LogP contribution < -0.4 is 5.73 Å². The summed E-state index contributed by atoms with van der Waals surface area (Å²) in [5.74, 6) is 0. The van der Waals surface area contributed by atoms with Crippen LogP contribution in [0.1, 0.15) is 13.2 Å². The lowest BCUT2D eigenvalue weighted by Gasteiger charge is -2.17. The van der Waals surface area contributed by atoms with Crippen molar-refractivity contribution in [3.05, 3.63) is 18.6 Å². The summed E-state index contributed by atoms with van der Waals surface area (Å²) in [4.78, 5) is 8.29. The van der Waals surface area contributed by atoms with Gasteiger partial charge in [0.25, 0.3) is 0 Å². The first-order valence-corrected chi connectivity index (χ1v) is 6.27. The zero-order chi connectivity index (χ0) is 14.4. The van der Waals surface area contributed by atoms with Crippen molar-refractivity contribution in [1.29, 1.82) is 0 Å². The first-order chi connectivity index (χ1) is 9.50. The molecule has 0 aliphatic carbocycles. The van der Waals surface area contributed by atoms with Gasteiger partial charge in [-0.1, -0.05) is 0 Å². The third-order valence-corrected chi connectivity index (χ3v) is 3.52. The molecule has 1 aliphatic heterocycles. The van der Waals surface area contributed by atoms with Gasteiger partial charge in [0.15, 0.2) is 11.9 Å². The molecule has 0 amide bonds. The number of aromatic nitrogens is 3. The number of hydrogen-bond donors (Lipinski definition) is 4. The topological polar surface area (TPSA) is 127 Å². The van der Waals surface area contributed by atoms with Crippen molar-refractivity contribution >= 4 is 16.9 Å². The second-order valence-corrected chi connectivity index (χ2v) is 4.94. The highest BCUT2D eigenvalue weighted by molar-refractivity contribution is 5.83. The van der Waals surface area contributed by atoms with Gasteiger partial charge in [-0.15, -0.1) is 0 Å². The average Bonchev–Trinajstić information content (AvgIpc) is 2.94. The van der Waals surface area contributed by atoms with E-state index in [-0.39, 0.29) is 0 Å². The van der Waals surface area contributed by atoms with Crippen molar-refractivity contribution < 1.29 is 20.1 Å². The SMILES string of the molecule is C[C@H](O)[C@H]1O[C@@H](n2cnc3c(N)ccnc32)[C@H](O)[C@@H]1O. The van der Waals surface area contributed by atoms with E-state index >= 15 is 0 Å². The zero-order valence-corrected chi connectivity index (χ0v) is 10.8. The summed E-state index contributed by atoms with van der Waals surface area (Å²) in [7, 11) is 0. The van der Waals surface area contributed by atoms with Crippen LogP contribution in [-0.4, -0.2) is 54.3 Å². The van der Waals surface area contributed by atoms with E-state index in [1.807, 2.05) is 0 Å². The molecule has 1 aliphatic rings. The number of nitrogens with zero attached hydrogens (tertiary/aromatic N) is 3. The van der Waals surface area contributed by atoms with E-state index in [4.69, 9.17) is 10.5 Å². The Kier molecular flexibility index (Phi) is 3.09. The quantitative estimate of drug-likeness (QED) is 0.556. The van der Waals surface area contributed by atoms with Crippen molar-refractivity contribution in [2.45, 2.75) is 37.6 Å². The fourth-order valence-electron chi connectivity index (χ4n) is 2.45. The summed E-state index contributed by atoms with van der Waals surface area (Å²) in [6.07, 6.45) is -2.04. The maximum Gasteiger partial charge on any atom is 0.165 e. The van der Waals surface area contributed by atoms with Crippen molar-refractivity contribution in [3.63, 3.8) is 0 Å². The molecule has 0 bridgehead atoms. The Balaban J connectivity index is 2.02. The monoisotopic (exact) mass is 280 g/mol. The van der Waals surface area contributed by atoms with Crippen molar-refractivity contribution in [2.75, 3.05) is 5.73 Å². The van der Waals surface area contributed by atoms with E-state index in [2.05, 4.69) is 9.97 Å². The summed E-state index contributed by atoms with van der Waals surface area (Å²) in [5, 5.41) is 29.5. The number of rotatable bonds is 2. The number of imidazole rings is 1. The van der Waals surface area contributed by atoms with Gasteiger partial charge in [0.1, 0.15) is 23.8 Å². The van der Waals surface area contributed by atoms with Gasteiger partial charge < -0.3 is 25.8 Å². The number of nitrogen functional groups attached to an aromatic ring is 1. The molecule has 3 heterocycles. The predicted molar refractivity (Wildman–Crippen MR) is 69.5 cm³/mol. The molecule has 1 fully saturated rings. The second kappa shape index (κ2) is 4.67. The lowest BCUT2D eigenvalue weighted by molar-refractivity contribution is -0.0777. The van der Waals surface area contributed by atoms with Crippen LogP contribution in [0.5, 0.6) is 0 Å². The molecule has 108 valence electrons. The molecule has 8 nitrogen and oxygen atoms in total. The molecule has 0 spiro atoms. The summed E-state index contributed by atoms with van der Waals surface area (Å²) < 4.78 is 7.03. The number of aliphatic hydroxyl groups excluding tert-OH is 3. The molecule has 3 rings (SSSR count). The first-order valence-electron chi connectivity index (χ1n) is 6.27. The van der Waals surface area contributed by atoms with Gasteiger partial charge in [-0.25, -0.2) is 9.97 Å². The van der Waals surface area contributed by atoms with Crippen molar-refractivity contribution in [2.24, 2.45) is 0 Å². The van der Waals surface area contributed by atoms with Gasteiger partial charge in [-0.05, 0) is 13.0 Å². The summed E-state index contributed by atoms with van der Waals surface area (Å²) >= 11 is 0. The van der Waals surface area contributed by atoms with Crippen LogP contribution in [0.3, 0.4) is 0 Å². The fraction of sp³-hybridized carbons (Fsp3) is 0.500. The largest absolute Gasteiger partial charge is 0.397 e. The lowest BCUT2D eigenvalue weighted by Crippen LogP contribution is -2.37. The number of anilines is 1. The Morgan fingerprint density at radius 1 is 1.35 bits per heavy atom. The Bertz CT molecular complexity index is 629. The van der Waals surface area contributed by atoms with Gasteiger partial charge in [0.05, 0.1) is 18.1 Å². The summed E-state index contributed by atoms with van der Waals surface area (Å²) in [6.45, 7) is 1.49. The van der Waals surface area contributed by atoms with E-state index in [1.165, 1.54) is 24.0 Å². The Morgan fingerprint density at radius 3 is 2.75 bits per heavy atom. The van der Waals surface area contributed by atoms with Gasteiger partial charge in [-0.3, -0.25) is 4.57 Å². The molecule has 0 aromatic carbocycles. The number of fused-ring (bicyclic) bond motifs is 1. The minimum atomic E-state index is -1.18. The van der Waals surface area contributed by atoms with Crippen LogP contribution in [0, 0.1) is 0 Å². The third-order valence-electron chi connectivity index (χ3n) is 3.52. The van der Waals surface area contributed by atoms with Gasteiger partial charge >= 0.3 is 0 Å². The van der Waals surface area contributed by atoms with E-state index in [0.717, 1.165) is 0 Å². The maximum atomic E-state index is 10.1. The number of hydrogen-bond acceptors (Lipinski definition) is 7. The lowest BCUT2D eigenvalue weighted by atomic mass is 10.1. The standard InChI is InChI=1S/C12H16N4O4/c1-5(17)10-8(18)9(19)12(20-10)16-4-15-7-6(13)2-3-14-11(7)16/h2-5,8-10,12,17-19H,1H3,(H2,13,14)/t5-,8-,9+,10+,12+/m0/s1. The highest BCUT2D eigenvalue weighted by atomic mass is 16.6. The van der Waals surface area contributed by atoms with Gasteiger partial charge in [-0.2, -0.15) is 0 Å². The molecule has 0 saturated carbocycles. The molecule has 20 heavy (non-hydrogen) atoms. The smallest absolute Gasteiger partial charge is 0.165 e. The van der Waals surface area contributed by atoms with Crippen LogP contribution in [0.25, 0.3) is 11.2 Å². The minimum Gasteiger partial charge on any atom is -0.397 e. The Labute approximate surface area is 114 Å². The molecule has 2 aromatic rings. The highest BCUT2D eigenvalue weighted by Crippen LogP contribution is 2.33. The minimum absolute atomic E-state index is 0.451. The van der Waals surface area contributed by atoms with Crippen LogP contribution in [-0.2, 0) is 4.74 Å².